The van der Waals surface area contributed by atoms with Crippen LogP contribution in [0, 0.1) is 22.7 Å². The zero-order valence-electron chi connectivity index (χ0n) is 19.7. The molecule has 2 aliphatic rings. The second kappa shape index (κ2) is 8.70. The molecular weight excluding hydrogens is 422 g/mol. The lowest BCUT2D eigenvalue weighted by Gasteiger charge is -2.34. The first-order valence-corrected chi connectivity index (χ1v) is 11.5. The lowest BCUT2D eigenvalue weighted by Crippen LogP contribution is -2.44. The average molecular weight is 450 g/mol. The third-order valence-corrected chi connectivity index (χ3v) is 6.93. The maximum Gasteiger partial charge on any atom is 0.0999 e. The Hall–Kier alpha value is -4.07. The summed E-state index contributed by atoms with van der Waals surface area (Å²) in [6.45, 7) is 7.97. The van der Waals surface area contributed by atoms with E-state index in [2.05, 4.69) is 74.8 Å². The molecule has 0 unspecified atom stereocenters. The van der Waals surface area contributed by atoms with E-state index >= 15 is 0 Å². The molecule has 3 heterocycles. The van der Waals surface area contributed by atoms with E-state index in [1.54, 1.807) is 0 Å². The molecule has 0 saturated carbocycles. The van der Waals surface area contributed by atoms with Crippen LogP contribution in [0.5, 0.6) is 0 Å². The highest BCUT2D eigenvalue weighted by molar-refractivity contribution is 5.93. The summed E-state index contributed by atoms with van der Waals surface area (Å²) in [5.41, 5.74) is 7.69. The van der Waals surface area contributed by atoms with E-state index < -0.39 is 0 Å². The van der Waals surface area contributed by atoms with Gasteiger partial charge in [-0.05, 0) is 50.7 Å². The van der Waals surface area contributed by atoms with Crippen LogP contribution in [-0.2, 0) is 0 Å². The zero-order chi connectivity index (χ0) is 23.8. The van der Waals surface area contributed by atoms with Crippen LogP contribution in [-0.4, -0.2) is 48.3 Å². The molecule has 1 fully saturated rings. The second-order valence-corrected chi connectivity index (χ2v) is 9.07. The topological polar surface area (TPSA) is 94.8 Å². The lowest BCUT2D eigenvalue weighted by molar-refractivity contribution is 0.313. The molecule has 1 saturated heterocycles. The van der Waals surface area contributed by atoms with Crippen LogP contribution >= 0.6 is 0 Å². The number of piperazine rings is 1. The molecule has 0 bridgehead atoms. The Morgan fingerprint density at radius 3 is 2.18 bits per heavy atom. The SMILES string of the molecule is CC1=C(C#N)C(c2ccc3[nH]nc(-c4ccc(N5CCN(C)CC5)cc4)c3c2)C(C#N)=C(C)N1. The van der Waals surface area contributed by atoms with Gasteiger partial charge in [0.15, 0.2) is 0 Å². The number of benzene rings is 2. The third kappa shape index (κ3) is 3.71. The van der Waals surface area contributed by atoms with E-state index in [9.17, 15) is 10.5 Å². The Labute approximate surface area is 199 Å². The van der Waals surface area contributed by atoms with Crippen molar-refractivity contribution in [2.75, 3.05) is 38.1 Å². The molecule has 0 radical (unpaired) electrons. The maximum absolute atomic E-state index is 9.84. The number of H-pyrrole nitrogens is 1. The molecule has 7 nitrogen and oxygen atoms in total. The fourth-order valence-corrected chi connectivity index (χ4v) is 4.95. The molecule has 0 amide bonds. The predicted molar refractivity (Wildman–Crippen MR) is 134 cm³/mol. The van der Waals surface area contributed by atoms with Crippen LogP contribution < -0.4 is 10.2 Å². The summed E-state index contributed by atoms with van der Waals surface area (Å²) < 4.78 is 0. The molecule has 2 aliphatic heterocycles. The minimum Gasteiger partial charge on any atom is -0.369 e. The van der Waals surface area contributed by atoms with Crippen molar-refractivity contribution < 1.29 is 0 Å². The molecule has 2 N–H and O–H groups in total. The predicted octanol–water partition coefficient (Wildman–Crippen LogP) is 4.26. The first-order valence-electron chi connectivity index (χ1n) is 11.5. The Bertz CT molecular complexity index is 1350. The van der Waals surface area contributed by atoms with Crippen molar-refractivity contribution in [3.05, 3.63) is 70.6 Å². The molecule has 170 valence electrons. The summed E-state index contributed by atoms with van der Waals surface area (Å²) in [7, 11) is 2.16. The van der Waals surface area contributed by atoms with Gasteiger partial charge in [0.1, 0.15) is 0 Å². The van der Waals surface area contributed by atoms with Crippen LogP contribution in [0.2, 0.25) is 0 Å². The number of nitrogens with one attached hydrogen (secondary N) is 2. The molecule has 0 aliphatic carbocycles. The molecule has 1 aromatic heterocycles. The van der Waals surface area contributed by atoms with Crippen LogP contribution in [0.4, 0.5) is 5.69 Å². The van der Waals surface area contributed by atoms with E-state index in [1.165, 1.54) is 5.69 Å². The summed E-state index contributed by atoms with van der Waals surface area (Å²) in [5.74, 6) is -0.386. The maximum atomic E-state index is 9.84. The van der Waals surface area contributed by atoms with Gasteiger partial charge in [0.25, 0.3) is 0 Å². The standard InChI is InChI=1S/C27H27N7/c1-17-23(15-28)26(24(16-29)18(2)30-17)20-6-9-25-22(14-20)27(32-31-25)19-4-7-21(8-5-19)34-12-10-33(3)11-13-34/h4-9,14,26,30H,10-13H2,1-3H3,(H,31,32). The van der Waals surface area contributed by atoms with Gasteiger partial charge in [-0.2, -0.15) is 15.6 Å². The van der Waals surface area contributed by atoms with Gasteiger partial charge in [-0.1, -0.05) is 18.2 Å². The minimum absolute atomic E-state index is 0.386. The normalized spacial score (nSPS) is 17.6. The van der Waals surface area contributed by atoms with Crippen molar-refractivity contribution in [3.8, 4) is 23.4 Å². The fourth-order valence-electron chi connectivity index (χ4n) is 4.95. The molecule has 2 aromatic carbocycles. The molecule has 7 heteroatoms. The van der Waals surface area contributed by atoms with E-state index in [0.717, 1.165) is 65.3 Å². The van der Waals surface area contributed by atoms with Crippen molar-refractivity contribution in [2.24, 2.45) is 0 Å². The average Bonchev–Trinajstić information content (AvgIpc) is 3.27. The van der Waals surface area contributed by atoms with E-state index in [1.807, 2.05) is 26.0 Å². The summed E-state index contributed by atoms with van der Waals surface area (Å²) >= 11 is 0. The third-order valence-electron chi connectivity index (χ3n) is 6.93. The van der Waals surface area contributed by atoms with Crippen molar-refractivity contribution in [1.29, 1.82) is 10.5 Å². The monoisotopic (exact) mass is 449 g/mol. The Balaban J connectivity index is 1.52. The van der Waals surface area contributed by atoms with Gasteiger partial charge in [0, 0.05) is 54.2 Å². The number of aromatic amines is 1. The molecule has 0 spiro atoms. The lowest BCUT2D eigenvalue weighted by atomic mass is 9.81. The number of likely N-dealkylation sites (N-methyl/N-ethyl adjacent to an activating group) is 1. The number of nitrogens with zero attached hydrogens (tertiary/aromatic N) is 5. The van der Waals surface area contributed by atoms with Crippen LogP contribution in [0.15, 0.2) is 65.0 Å². The first-order chi connectivity index (χ1) is 16.5. The summed E-state index contributed by atoms with van der Waals surface area (Å²) in [6.07, 6.45) is 0. The van der Waals surface area contributed by atoms with Crippen molar-refractivity contribution in [2.45, 2.75) is 19.8 Å². The largest absolute Gasteiger partial charge is 0.369 e. The highest BCUT2D eigenvalue weighted by Gasteiger charge is 2.29. The number of aromatic nitrogens is 2. The Kier molecular flexibility index (Phi) is 5.57. The fraction of sp³-hybridized carbons (Fsp3) is 0.296. The number of dihydropyridines is 1. The number of anilines is 1. The van der Waals surface area contributed by atoms with E-state index in [4.69, 9.17) is 0 Å². The van der Waals surface area contributed by atoms with Crippen LogP contribution in [0.25, 0.3) is 22.2 Å². The quantitative estimate of drug-likeness (QED) is 0.620. The number of rotatable bonds is 3. The summed E-state index contributed by atoms with van der Waals surface area (Å²) in [6, 6.07) is 19.2. The van der Waals surface area contributed by atoms with Crippen LogP contribution in [0.3, 0.4) is 0 Å². The smallest absolute Gasteiger partial charge is 0.0999 e. The van der Waals surface area contributed by atoms with Crippen LogP contribution in [0.1, 0.15) is 25.3 Å². The number of fused-ring (bicyclic) bond motifs is 1. The number of allylic oxidation sites excluding steroid dienone is 4. The first kappa shape index (κ1) is 21.8. The Morgan fingerprint density at radius 2 is 1.56 bits per heavy atom. The zero-order valence-corrected chi connectivity index (χ0v) is 19.7. The number of hydrogen-bond acceptors (Lipinski definition) is 6. The summed E-state index contributed by atoms with van der Waals surface area (Å²) in [4.78, 5) is 4.77. The molecular formula is C27H27N7. The highest BCUT2D eigenvalue weighted by Crippen LogP contribution is 2.39. The molecule has 3 aromatic rings. The van der Waals surface area contributed by atoms with Gasteiger partial charge in [0.05, 0.1) is 40.4 Å². The van der Waals surface area contributed by atoms with Crippen molar-refractivity contribution in [3.63, 3.8) is 0 Å². The molecule has 0 atom stereocenters. The van der Waals surface area contributed by atoms with Gasteiger partial charge in [-0.15, -0.1) is 0 Å². The van der Waals surface area contributed by atoms with Gasteiger partial charge in [-0.3, -0.25) is 5.10 Å². The number of nitriles is 2. The van der Waals surface area contributed by atoms with E-state index in [-0.39, 0.29) is 5.92 Å². The van der Waals surface area contributed by atoms with Gasteiger partial charge in [0.2, 0.25) is 0 Å². The second-order valence-electron chi connectivity index (χ2n) is 9.07. The van der Waals surface area contributed by atoms with Gasteiger partial charge in [-0.25, -0.2) is 0 Å². The molecule has 34 heavy (non-hydrogen) atoms. The minimum atomic E-state index is -0.386. The van der Waals surface area contributed by atoms with Gasteiger partial charge >= 0.3 is 0 Å². The van der Waals surface area contributed by atoms with Crippen molar-refractivity contribution >= 4 is 16.6 Å². The van der Waals surface area contributed by atoms with Gasteiger partial charge < -0.3 is 15.1 Å². The van der Waals surface area contributed by atoms with E-state index in [0.29, 0.717) is 11.1 Å². The number of hydrogen-bond donors (Lipinski definition) is 2. The molecule has 5 rings (SSSR count). The highest BCUT2D eigenvalue weighted by atomic mass is 15.2. The summed E-state index contributed by atoms with van der Waals surface area (Å²) in [5, 5.41) is 31.6. The van der Waals surface area contributed by atoms with Crippen molar-refractivity contribution in [1.82, 2.24) is 20.4 Å². The Morgan fingerprint density at radius 1 is 0.912 bits per heavy atom.